The van der Waals surface area contributed by atoms with E-state index < -0.39 is 0 Å². The fourth-order valence-corrected chi connectivity index (χ4v) is 3.10. The van der Waals surface area contributed by atoms with Crippen molar-refractivity contribution in [2.45, 2.75) is 19.3 Å². The first-order chi connectivity index (χ1) is 7.37. The Hall–Kier alpha value is -1.44. The van der Waals surface area contributed by atoms with Crippen LogP contribution in [0.25, 0.3) is 0 Å². The van der Waals surface area contributed by atoms with Crippen LogP contribution in [0.3, 0.4) is 0 Å². The quantitative estimate of drug-likeness (QED) is 0.627. The molecule has 1 aliphatic carbocycles. The summed E-state index contributed by atoms with van der Waals surface area (Å²) in [5.74, 6) is 0. The van der Waals surface area contributed by atoms with Crippen LogP contribution in [0.4, 0.5) is 0 Å². The topological polar surface area (TPSA) is 24.1 Å². The van der Waals surface area contributed by atoms with Crippen LogP contribution in [0, 0.1) is 10.8 Å². The van der Waals surface area contributed by atoms with E-state index in [1.54, 1.807) is 0 Å². The molecule has 0 unspecified atom stereocenters. The molecule has 2 heterocycles. The Bertz CT molecular complexity index is 314. The maximum atomic E-state index is 3.13. The van der Waals surface area contributed by atoms with Crippen LogP contribution in [0.1, 0.15) is 19.3 Å². The summed E-state index contributed by atoms with van der Waals surface area (Å²) >= 11 is 0. The number of rotatable bonds is 0. The van der Waals surface area contributed by atoms with Gasteiger partial charge in [-0.05, 0) is 37.6 Å². The van der Waals surface area contributed by atoms with Gasteiger partial charge in [0, 0.05) is 10.8 Å². The third-order valence-corrected chi connectivity index (χ3v) is 3.96. The molecule has 3 aliphatic rings. The first-order valence-corrected chi connectivity index (χ1v) is 5.60. The molecule has 2 heteroatoms. The Kier molecular flexibility index (Phi) is 1.78. The minimum atomic E-state index is 0.202. The summed E-state index contributed by atoms with van der Waals surface area (Å²) in [4.78, 5) is 0. The SMILES string of the molecule is C1=CC2(C=CN1)CCCC21C=CNC=C1. The first-order valence-electron chi connectivity index (χ1n) is 5.60. The van der Waals surface area contributed by atoms with Crippen molar-refractivity contribution in [3.8, 4) is 0 Å². The van der Waals surface area contributed by atoms with Gasteiger partial charge >= 0.3 is 0 Å². The average molecular weight is 200 g/mol. The van der Waals surface area contributed by atoms with Crippen molar-refractivity contribution in [3.63, 3.8) is 0 Å². The Balaban J connectivity index is 2.07. The van der Waals surface area contributed by atoms with Gasteiger partial charge in [-0.3, -0.25) is 0 Å². The van der Waals surface area contributed by atoms with Crippen LogP contribution in [0.2, 0.25) is 0 Å². The summed E-state index contributed by atoms with van der Waals surface area (Å²) in [5.41, 5.74) is 0.403. The molecule has 0 aromatic rings. The van der Waals surface area contributed by atoms with Gasteiger partial charge in [0.05, 0.1) is 0 Å². The summed E-state index contributed by atoms with van der Waals surface area (Å²) in [5, 5.41) is 6.27. The van der Waals surface area contributed by atoms with Gasteiger partial charge in [0.2, 0.25) is 0 Å². The Morgan fingerprint density at radius 1 is 0.667 bits per heavy atom. The summed E-state index contributed by atoms with van der Waals surface area (Å²) < 4.78 is 0. The Morgan fingerprint density at radius 3 is 1.47 bits per heavy atom. The number of allylic oxidation sites excluding steroid dienone is 4. The van der Waals surface area contributed by atoms with Gasteiger partial charge < -0.3 is 10.6 Å². The van der Waals surface area contributed by atoms with Gasteiger partial charge in [0.1, 0.15) is 0 Å². The normalized spacial score (nSPS) is 28.3. The number of dihydropyridines is 2. The van der Waals surface area contributed by atoms with Crippen molar-refractivity contribution < 1.29 is 0 Å². The van der Waals surface area contributed by atoms with E-state index in [0.717, 1.165) is 0 Å². The lowest BCUT2D eigenvalue weighted by molar-refractivity contribution is 0.307. The maximum absolute atomic E-state index is 3.13. The van der Waals surface area contributed by atoms with Crippen LogP contribution in [0.15, 0.2) is 49.1 Å². The van der Waals surface area contributed by atoms with Gasteiger partial charge in [-0.1, -0.05) is 30.7 Å². The van der Waals surface area contributed by atoms with Crippen LogP contribution < -0.4 is 10.6 Å². The van der Waals surface area contributed by atoms with Gasteiger partial charge in [0.25, 0.3) is 0 Å². The number of hydrogen-bond donors (Lipinski definition) is 2. The van der Waals surface area contributed by atoms with E-state index in [4.69, 9.17) is 0 Å². The lowest BCUT2D eigenvalue weighted by Gasteiger charge is -2.40. The molecule has 0 aromatic heterocycles. The molecule has 3 rings (SSSR count). The smallest absolute Gasteiger partial charge is 0.0222 e. The van der Waals surface area contributed by atoms with Crippen molar-refractivity contribution in [2.75, 3.05) is 0 Å². The molecule has 0 radical (unpaired) electrons. The number of nitrogens with one attached hydrogen (secondary N) is 2. The molecular weight excluding hydrogens is 184 g/mol. The highest BCUT2D eigenvalue weighted by Gasteiger charge is 2.49. The molecule has 0 saturated heterocycles. The highest BCUT2D eigenvalue weighted by Crippen LogP contribution is 2.57. The molecule has 0 atom stereocenters. The zero-order chi connectivity index (χ0) is 10.2. The number of fused-ring (bicyclic) bond motifs is 1. The monoisotopic (exact) mass is 200 g/mol. The highest BCUT2D eigenvalue weighted by atomic mass is 14.8. The van der Waals surface area contributed by atoms with Gasteiger partial charge in [-0.15, -0.1) is 0 Å². The van der Waals surface area contributed by atoms with Crippen LogP contribution in [-0.2, 0) is 0 Å². The van der Waals surface area contributed by atoms with Crippen molar-refractivity contribution in [1.82, 2.24) is 10.6 Å². The summed E-state index contributed by atoms with van der Waals surface area (Å²) in [7, 11) is 0. The first kappa shape index (κ1) is 8.84. The minimum absolute atomic E-state index is 0.202. The zero-order valence-electron chi connectivity index (χ0n) is 8.74. The van der Waals surface area contributed by atoms with E-state index in [9.17, 15) is 0 Å². The maximum Gasteiger partial charge on any atom is 0.0222 e. The molecule has 2 spiro atoms. The fraction of sp³-hybridized carbons (Fsp3) is 0.385. The van der Waals surface area contributed by atoms with Crippen molar-refractivity contribution in [3.05, 3.63) is 49.1 Å². The highest BCUT2D eigenvalue weighted by molar-refractivity contribution is 5.34. The second kappa shape index (κ2) is 3.02. The second-order valence-electron chi connectivity index (χ2n) is 4.60. The predicted molar refractivity (Wildman–Crippen MR) is 61.5 cm³/mol. The molecule has 1 saturated carbocycles. The lowest BCUT2D eigenvalue weighted by atomic mass is 9.64. The molecule has 15 heavy (non-hydrogen) atoms. The molecule has 78 valence electrons. The average Bonchev–Trinajstić information content (AvgIpc) is 2.60. The third-order valence-electron chi connectivity index (χ3n) is 3.96. The molecule has 2 N–H and O–H groups in total. The predicted octanol–water partition coefficient (Wildman–Crippen LogP) is 2.40. The van der Waals surface area contributed by atoms with E-state index in [2.05, 4.69) is 59.7 Å². The van der Waals surface area contributed by atoms with Crippen molar-refractivity contribution in [1.29, 1.82) is 0 Å². The van der Waals surface area contributed by atoms with Crippen LogP contribution in [-0.4, -0.2) is 0 Å². The molecule has 0 amide bonds. The van der Waals surface area contributed by atoms with Crippen molar-refractivity contribution in [2.24, 2.45) is 10.8 Å². The zero-order valence-corrected chi connectivity index (χ0v) is 8.74. The van der Waals surface area contributed by atoms with E-state index in [1.165, 1.54) is 19.3 Å². The van der Waals surface area contributed by atoms with E-state index in [-0.39, 0.29) is 10.8 Å². The third kappa shape index (κ3) is 1.11. The molecule has 2 aliphatic heterocycles. The summed E-state index contributed by atoms with van der Waals surface area (Å²) in [6.45, 7) is 0. The van der Waals surface area contributed by atoms with Gasteiger partial charge in [-0.2, -0.15) is 0 Å². The van der Waals surface area contributed by atoms with Gasteiger partial charge in [0.15, 0.2) is 0 Å². The lowest BCUT2D eigenvalue weighted by Crippen LogP contribution is -2.35. The largest absolute Gasteiger partial charge is 0.368 e. The van der Waals surface area contributed by atoms with E-state index in [1.807, 2.05) is 0 Å². The molecular formula is C13H16N2. The second-order valence-corrected chi connectivity index (χ2v) is 4.60. The molecule has 0 aromatic carbocycles. The van der Waals surface area contributed by atoms with E-state index in [0.29, 0.717) is 0 Å². The van der Waals surface area contributed by atoms with Crippen molar-refractivity contribution >= 4 is 0 Å². The fourth-order valence-electron chi connectivity index (χ4n) is 3.10. The standard InChI is InChI=1S/C13H16N2/c1-2-12(4-8-14-9-5-12)13(3-1)6-10-15-11-7-13/h4-11,14-15H,1-3H2. The Morgan fingerprint density at radius 2 is 1.07 bits per heavy atom. The van der Waals surface area contributed by atoms with Crippen LogP contribution in [0.5, 0.6) is 0 Å². The Labute approximate surface area is 90.4 Å². The minimum Gasteiger partial charge on any atom is -0.368 e. The van der Waals surface area contributed by atoms with Gasteiger partial charge in [-0.25, -0.2) is 0 Å². The molecule has 0 bridgehead atoms. The molecule has 2 nitrogen and oxygen atoms in total. The summed E-state index contributed by atoms with van der Waals surface area (Å²) in [6.07, 6.45) is 21.3. The summed E-state index contributed by atoms with van der Waals surface area (Å²) in [6, 6.07) is 0. The number of hydrogen-bond acceptors (Lipinski definition) is 2. The molecule has 1 fully saturated rings. The van der Waals surface area contributed by atoms with Crippen LogP contribution >= 0.6 is 0 Å². The van der Waals surface area contributed by atoms with E-state index >= 15 is 0 Å².